The molecule has 3 heteroatoms. The van der Waals surface area contributed by atoms with Gasteiger partial charge in [0.15, 0.2) is 3.95 Å². The molecule has 0 atom stereocenters. The lowest BCUT2D eigenvalue weighted by atomic mass is 10.3. The molecule has 1 fully saturated rings. The SMILES string of the molecule is Cc1[nH]c(=S)sc1C1CC1. The van der Waals surface area contributed by atoms with Gasteiger partial charge in [0.05, 0.1) is 0 Å². The minimum absolute atomic E-state index is 0.845. The van der Waals surface area contributed by atoms with Crippen LogP contribution in [0.25, 0.3) is 0 Å². The van der Waals surface area contributed by atoms with Crippen molar-refractivity contribution >= 4 is 23.6 Å². The van der Waals surface area contributed by atoms with Crippen molar-refractivity contribution in [2.45, 2.75) is 25.7 Å². The second-order valence-corrected chi connectivity index (χ2v) is 4.50. The molecule has 0 bridgehead atoms. The summed E-state index contributed by atoms with van der Waals surface area (Å²) in [5.74, 6) is 0.845. The van der Waals surface area contributed by atoms with Crippen molar-refractivity contribution in [3.63, 3.8) is 0 Å². The van der Waals surface area contributed by atoms with Crippen LogP contribution in [-0.4, -0.2) is 4.98 Å². The van der Waals surface area contributed by atoms with E-state index in [1.54, 1.807) is 11.3 Å². The van der Waals surface area contributed by atoms with Gasteiger partial charge in [-0.2, -0.15) is 0 Å². The summed E-state index contributed by atoms with van der Waals surface area (Å²) in [5.41, 5.74) is 1.29. The number of nitrogens with one attached hydrogen (secondary N) is 1. The summed E-state index contributed by atoms with van der Waals surface area (Å²) in [5, 5.41) is 0. The fraction of sp³-hybridized carbons (Fsp3) is 0.571. The van der Waals surface area contributed by atoms with Gasteiger partial charge in [0.1, 0.15) is 0 Å². The van der Waals surface area contributed by atoms with Gasteiger partial charge in [-0.15, -0.1) is 11.3 Å². The summed E-state index contributed by atoms with van der Waals surface area (Å²) in [4.78, 5) is 4.65. The number of aromatic amines is 1. The molecule has 2 rings (SSSR count). The number of aryl methyl sites for hydroxylation is 1. The molecular weight excluding hydrogens is 162 g/mol. The zero-order valence-electron chi connectivity index (χ0n) is 5.81. The van der Waals surface area contributed by atoms with Crippen LogP contribution in [0.1, 0.15) is 29.3 Å². The highest BCUT2D eigenvalue weighted by molar-refractivity contribution is 7.73. The van der Waals surface area contributed by atoms with Gasteiger partial charge in [-0.25, -0.2) is 0 Å². The summed E-state index contributed by atoms with van der Waals surface area (Å²) in [6.07, 6.45) is 2.73. The molecule has 1 heterocycles. The van der Waals surface area contributed by atoms with Crippen LogP contribution in [0.2, 0.25) is 0 Å². The van der Waals surface area contributed by atoms with Gasteiger partial charge in [0.2, 0.25) is 0 Å². The number of rotatable bonds is 1. The van der Waals surface area contributed by atoms with E-state index in [2.05, 4.69) is 11.9 Å². The van der Waals surface area contributed by atoms with Crippen molar-refractivity contribution < 1.29 is 0 Å². The molecular formula is C7H9NS2. The maximum absolute atomic E-state index is 5.03. The molecule has 0 unspecified atom stereocenters. The van der Waals surface area contributed by atoms with Crippen LogP contribution in [0.5, 0.6) is 0 Å². The molecule has 0 spiro atoms. The quantitative estimate of drug-likeness (QED) is 0.642. The van der Waals surface area contributed by atoms with Crippen molar-refractivity contribution in [2.24, 2.45) is 0 Å². The summed E-state index contributed by atoms with van der Waals surface area (Å²) in [7, 11) is 0. The predicted octanol–water partition coefficient (Wildman–Crippen LogP) is 2.99. The Hall–Kier alpha value is -0.150. The molecule has 1 aliphatic rings. The molecule has 1 nitrogen and oxygen atoms in total. The van der Waals surface area contributed by atoms with Crippen LogP contribution in [-0.2, 0) is 0 Å². The van der Waals surface area contributed by atoms with Gasteiger partial charge in [-0.05, 0) is 37.9 Å². The van der Waals surface area contributed by atoms with E-state index >= 15 is 0 Å². The first-order valence-corrected chi connectivity index (χ1v) is 4.69. The number of aromatic nitrogens is 1. The van der Waals surface area contributed by atoms with E-state index in [1.807, 2.05) is 0 Å². The first-order chi connectivity index (χ1) is 4.77. The maximum atomic E-state index is 5.03. The zero-order chi connectivity index (χ0) is 7.14. The monoisotopic (exact) mass is 171 g/mol. The molecule has 1 aromatic rings. The predicted molar refractivity (Wildman–Crippen MR) is 46.2 cm³/mol. The average molecular weight is 171 g/mol. The molecule has 1 aliphatic carbocycles. The largest absolute Gasteiger partial charge is 0.341 e. The third-order valence-corrected chi connectivity index (χ3v) is 3.31. The first kappa shape index (κ1) is 6.55. The smallest absolute Gasteiger partial charge is 0.158 e. The molecule has 0 amide bonds. The van der Waals surface area contributed by atoms with E-state index in [9.17, 15) is 0 Å². The Balaban J connectivity index is 2.47. The highest BCUT2D eigenvalue weighted by Crippen LogP contribution is 2.43. The topological polar surface area (TPSA) is 15.8 Å². The molecule has 0 radical (unpaired) electrons. The van der Waals surface area contributed by atoms with Gasteiger partial charge in [0.25, 0.3) is 0 Å². The van der Waals surface area contributed by atoms with Gasteiger partial charge < -0.3 is 4.98 Å². The molecule has 1 aromatic heterocycles. The van der Waals surface area contributed by atoms with Gasteiger partial charge >= 0.3 is 0 Å². The van der Waals surface area contributed by atoms with Gasteiger partial charge in [0, 0.05) is 10.6 Å². The Morgan fingerprint density at radius 1 is 1.60 bits per heavy atom. The second kappa shape index (κ2) is 2.17. The second-order valence-electron chi connectivity index (χ2n) is 2.78. The third-order valence-electron chi connectivity index (χ3n) is 1.81. The van der Waals surface area contributed by atoms with Gasteiger partial charge in [-0.3, -0.25) is 0 Å². The Morgan fingerprint density at radius 3 is 2.70 bits per heavy atom. The van der Waals surface area contributed by atoms with Crippen molar-refractivity contribution in [3.8, 4) is 0 Å². The lowest BCUT2D eigenvalue weighted by molar-refractivity contribution is 1.10. The van der Waals surface area contributed by atoms with E-state index in [-0.39, 0.29) is 0 Å². The summed E-state index contributed by atoms with van der Waals surface area (Å²) < 4.78 is 0.930. The fourth-order valence-corrected chi connectivity index (χ4v) is 2.58. The molecule has 1 saturated carbocycles. The van der Waals surface area contributed by atoms with E-state index in [4.69, 9.17) is 12.2 Å². The maximum Gasteiger partial charge on any atom is 0.158 e. The highest BCUT2D eigenvalue weighted by Gasteiger charge is 2.26. The highest BCUT2D eigenvalue weighted by atomic mass is 32.1. The lowest BCUT2D eigenvalue weighted by Gasteiger charge is -1.89. The number of thiazole rings is 1. The summed E-state index contributed by atoms with van der Waals surface area (Å²) >= 11 is 6.77. The molecule has 54 valence electrons. The van der Waals surface area contributed by atoms with Crippen LogP contribution >= 0.6 is 23.6 Å². The van der Waals surface area contributed by atoms with Crippen molar-refractivity contribution in [3.05, 3.63) is 14.5 Å². The van der Waals surface area contributed by atoms with Crippen LogP contribution in [0.4, 0.5) is 0 Å². The first-order valence-electron chi connectivity index (χ1n) is 3.47. The summed E-state index contributed by atoms with van der Waals surface area (Å²) in [6.45, 7) is 2.11. The number of H-pyrrole nitrogens is 1. The average Bonchev–Trinajstić information content (AvgIpc) is 2.61. The minimum Gasteiger partial charge on any atom is -0.341 e. The Labute approximate surface area is 69.1 Å². The normalized spacial score (nSPS) is 17.7. The van der Waals surface area contributed by atoms with Crippen molar-refractivity contribution in [1.82, 2.24) is 4.98 Å². The summed E-state index contributed by atoms with van der Waals surface area (Å²) in [6, 6.07) is 0. The third kappa shape index (κ3) is 1.04. The van der Waals surface area contributed by atoms with Crippen LogP contribution in [0.3, 0.4) is 0 Å². The Kier molecular flexibility index (Phi) is 1.42. The number of hydrogen-bond donors (Lipinski definition) is 1. The van der Waals surface area contributed by atoms with E-state index < -0.39 is 0 Å². The van der Waals surface area contributed by atoms with Crippen molar-refractivity contribution in [1.29, 1.82) is 0 Å². The lowest BCUT2D eigenvalue weighted by Crippen LogP contribution is -1.76. The molecule has 0 aromatic carbocycles. The number of hydrogen-bond acceptors (Lipinski definition) is 2. The van der Waals surface area contributed by atoms with Gasteiger partial charge in [-0.1, -0.05) is 0 Å². The minimum atomic E-state index is 0.845. The molecule has 0 saturated heterocycles. The van der Waals surface area contributed by atoms with E-state index in [0.29, 0.717) is 0 Å². The zero-order valence-corrected chi connectivity index (χ0v) is 7.44. The fourth-order valence-electron chi connectivity index (χ4n) is 1.15. The van der Waals surface area contributed by atoms with E-state index in [1.165, 1.54) is 23.4 Å². The standard InChI is InChI=1S/C7H9NS2/c1-4-6(5-2-3-5)10-7(9)8-4/h5H,2-3H2,1H3,(H,8,9). The van der Waals surface area contributed by atoms with E-state index in [0.717, 1.165) is 9.87 Å². The van der Waals surface area contributed by atoms with Crippen LogP contribution in [0, 0.1) is 10.9 Å². The van der Waals surface area contributed by atoms with Crippen molar-refractivity contribution in [2.75, 3.05) is 0 Å². The molecule has 0 aliphatic heterocycles. The van der Waals surface area contributed by atoms with Crippen LogP contribution in [0.15, 0.2) is 0 Å². The molecule has 10 heavy (non-hydrogen) atoms. The molecule has 1 N–H and O–H groups in total. The van der Waals surface area contributed by atoms with Crippen LogP contribution < -0.4 is 0 Å². The Morgan fingerprint density at radius 2 is 2.30 bits per heavy atom. The Bertz CT molecular complexity index is 293.